The van der Waals surface area contributed by atoms with Crippen LogP contribution in [0.3, 0.4) is 0 Å². The normalized spacial score (nSPS) is 11.4. The molecule has 27 rings (SSSR count). The van der Waals surface area contributed by atoms with Gasteiger partial charge in [-0.3, -0.25) is 15.0 Å². The molecule has 18 nitrogen and oxygen atoms in total. The van der Waals surface area contributed by atoms with Crippen LogP contribution in [0.25, 0.3) is 251 Å². The molecule has 15 heterocycles. The summed E-state index contributed by atoms with van der Waals surface area (Å²) in [5.41, 5.74) is 32.6. The van der Waals surface area contributed by atoms with Crippen LogP contribution in [0, 0.1) is 36.4 Å². The van der Waals surface area contributed by atoms with Crippen molar-refractivity contribution < 1.29 is 103 Å². The number of nitrogens with zero attached hydrogens (tertiary/aromatic N) is 9. The van der Waals surface area contributed by atoms with Gasteiger partial charge in [0, 0.05) is 68.5 Å². The Labute approximate surface area is 811 Å². The van der Waals surface area contributed by atoms with Gasteiger partial charge in [0.1, 0.15) is 34.4 Å². The second-order valence-electron chi connectivity index (χ2n) is 31.7. The van der Waals surface area contributed by atoms with Gasteiger partial charge in [0.25, 0.3) is 0 Å². The molecular formula is C114H63N9O9Pt3. The summed E-state index contributed by atoms with van der Waals surface area (Å²) in [5, 5.41) is 6.50. The third kappa shape index (κ3) is 15.6. The fourth-order valence-electron chi connectivity index (χ4n) is 17.5. The molecule has 0 saturated heterocycles. The molecule has 0 unspecified atom stereocenters. The average molecular weight is 2290 g/mol. The molecule has 0 aliphatic rings. The maximum atomic E-state index is 6.30. The van der Waals surface area contributed by atoms with Crippen molar-refractivity contribution >= 4 is 98.7 Å². The molecule has 15 aromatic heterocycles. The maximum absolute atomic E-state index is 6.30. The first-order valence-corrected chi connectivity index (χ1v) is 42.6. The van der Waals surface area contributed by atoms with Crippen molar-refractivity contribution in [2.24, 2.45) is 0 Å². The third-order valence-corrected chi connectivity index (χ3v) is 23.9. The number of pyridine rings is 3. The zero-order valence-electron chi connectivity index (χ0n) is 70.5. The summed E-state index contributed by atoms with van der Waals surface area (Å²) in [6.07, 6.45) is 26.0. The van der Waals surface area contributed by atoms with Crippen LogP contribution in [0.1, 0.15) is 0 Å². The molecular weight excluding hydrogens is 2220 g/mol. The monoisotopic (exact) mass is 2290 g/mol. The predicted octanol–water partition coefficient (Wildman–Crippen LogP) is 29.3. The van der Waals surface area contributed by atoms with E-state index in [0.717, 1.165) is 222 Å². The zero-order valence-corrected chi connectivity index (χ0v) is 77.3. The van der Waals surface area contributed by atoms with Gasteiger partial charge in [-0.15, -0.1) is 138 Å². The Hall–Kier alpha value is -16.4. The summed E-state index contributed by atoms with van der Waals surface area (Å²) >= 11 is 0. The molecule has 0 saturated carbocycles. The van der Waals surface area contributed by atoms with E-state index in [9.17, 15) is 0 Å². The predicted molar refractivity (Wildman–Crippen MR) is 510 cm³/mol. The van der Waals surface area contributed by atoms with Gasteiger partial charge in [-0.25, -0.2) is 0 Å². The molecule has 0 bridgehead atoms. The summed E-state index contributed by atoms with van der Waals surface area (Å²) in [4.78, 5) is 28.3. The van der Waals surface area contributed by atoms with Crippen molar-refractivity contribution in [1.82, 2.24) is 43.6 Å². The summed E-state index contributed by atoms with van der Waals surface area (Å²) < 4.78 is 57.3. The molecule has 0 fully saturated rings. The van der Waals surface area contributed by atoms with Crippen LogP contribution in [0.4, 0.5) is 0 Å². The Kier molecular flexibility index (Phi) is 22.3. The molecule has 0 spiro atoms. The number of oxazole rings is 3. The Morgan fingerprint density at radius 1 is 0.237 bits per heavy atom. The fraction of sp³-hybridized carbons (Fsp3) is 0. The fourth-order valence-corrected chi connectivity index (χ4v) is 17.5. The van der Waals surface area contributed by atoms with E-state index in [0.29, 0.717) is 28.8 Å². The number of fused-ring (bicyclic) bond motifs is 12. The van der Waals surface area contributed by atoms with Crippen LogP contribution >= 0.6 is 0 Å². The molecule has 0 atom stereocenters. The first kappa shape index (κ1) is 84.2. The molecule has 0 N–H and O–H groups in total. The largest absolute Gasteiger partial charge is 2.00 e. The molecule has 135 heavy (non-hydrogen) atoms. The van der Waals surface area contributed by atoms with Crippen LogP contribution < -0.4 is 0 Å². The molecule has 0 amide bonds. The smallest absolute Gasteiger partial charge is 0.481 e. The van der Waals surface area contributed by atoms with Crippen molar-refractivity contribution in [2.45, 2.75) is 0 Å². The number of hydrogen-bond acceptors (Lipinski definition) is 15. The van der Waals surface area contributed by atoms with Crippen molar-refractivity contribution in [2.75, 3.05) is 0 Å². The molecule has 0 aliphatic heterocycles. The summed E-state index contributed by atoms with van der Waals surface area (Å²) in [6, 6.07) is 119. The number of rotatable bonds is 15. The van der Waals surface area contributed by atoms with Gasteiger partial charge in [-0.05, 0) is 198 Å². The first-order chi connectivity index (χ1) is 65.4. The van der Waals surface area contributed by atoms with Crippen molar-refractivity contribution in [3.05, 3.63) is 421 Å². The quantitative estimate of drug-likeness (QED) is 0.0874. The van der Waals surface area contributed by atoms with E-state index in [-0.39, 0.29) is 63.2 Å². The Bertz CT molecular complexity index is 8590. The van der Waals surface area contributed by atoms with E-state index in [2.05, 4.69) is 157 Å². The molecule has 648 valence electrons. The number of benzene rings is 12. The third-order valence-electron chi connectivity index (χ3n) is 23.9. The summed E-state index contributed by atoms with van der Waals surface area (Å²) in [7, 11) is 0. The number of aromatic nitrogens is 9. The van der Waals surface area contributed by atoms with E-state index in [1.807, 2.05) is 200 Å². The van der Waals surface area contributed by atoms with Gasteiger partial charge < -0.3 is 68.4 Å². The van der Waals surface area contributed by atoms with Crippen LogP contribution in [-0.4, -0.2) is 43.6 Å². The van der Waals surface area contributed by atoms with Crippen molar-refractivity contribution in [3.8, 4) is 152 Å². The van der Waals surface area contributed by atoms with Crippen LogP contribution in [0.15, 0.2) is 425 Å². The molecule has 21 heteroatoms. The minimum Gasteiger partial charge on any atom is -0.481 e. The van der Waals surface area contributed by atoms with E-state index in [1.165, 1.54) is 0 Å². The van der Waals surface area contributed by atoms with Crippen molar-refractivity contribution in [1.29, 1.82) is 0 Å². The zero-order chi connectivity index (χ0) is 87.1. The minimum absolute atomic E-state index is 0. The topological polar surface area (TPSA) is 210 Å². The summed E-state index contributed by atoms with van der Waals surface area (Å²) in [5.74, 6) is 1.54. The van der Waals surface area contributed by atoms with Crippen LogP contribution in [0.2, 0.25) is 0 Å². The second kappa shape index (κ2) is 35.7. The van der Waals surface area contributed by atoms with E-state index >= 15 is 0 Å². The molecule has 0 radical (unpaired) electrons. The van der Waals surface area contributed by atoms with Gasteiger partial charge in [-0.1, -0.05) is 142 Å². The van der Waals surface area contributed by atoms with Crippen LogP contribution in [0.5, 0.6) is 0 Å². The van der Waals surface area contributed by atoms with Gasteiger partial charge in [0.2, 0.25) is 0 Å². The number of furan rings is 6. The van der Waals surface area contributed by atoms with Gasteiger partial charge >= 0.3 is 63.2 Å². The number of hydrogen-bond donors (Lipinski definition) is 0. The molecule has 27 aromatic rings. The minimum atomic E-state index is 0. The van der Waals surface area contributed by atoms with Gasteiger partial charge in [0.15, 0.2) is 0 Å². The van der Waals surface area contributed by atoms with E-state index < -0.39 is 0 Å². The molecule has 12 aromatic carbocycles. The average Bonchev–Trinajstić information content (AvgIpc) is 1.59. The Balaban J connectivity index is 0.000000116. The first-order valence-electron chi connectivity index (χ1n) is 42.6. The summed E-state index contributed by atoms with van der Waals surface area (Å²) in [6.45, 7) is 0. The van der Waals surface area contributed by atoms with Crippen molar-refractivity contribution in [3.63, 3.8) is 0 Å². The van der Waals surface area contributed by atoms with Gasteiger partial charge in [-0.2, -0.15) is 0 Å². The van der Waals surface area contributed by atoms with E-state index in [4.69, 9.17) is 59.7 Å². The van der Waals surface area contributed by atoms with Crippen LogP contribution in [-0.2, 0) is 63.2 Å². The standard InChI is InChI=1S/3C38H21N3O3.3Pt/c1-3-7-34-30(5-1)31-13-10-25(38-40-33-6-2-4-8-37(33)44-38)20-36(31)41(34)35-19-24(9-12-29(35)28-16-18-43-23-28)32-14-11-26(21-39-32)27-15-17-42-22-27;1-2-15-39-33(6-1)26-4-3-5-30(18-26)41-35-12-9-24(28-13-16-42-22-28)19-32(35)31-10-7-27(20-36(31)41)38-40-34-11-8-25(21-37(34)44-38)29-14-17-43-23-29;1-2-15-39-33(6-1)26-4-3-5-30(18-26)41-35-11-8-24(28-13-16-42-22-28)19-32(35)31-10-7-27(21-36(31)41)38-40-34-20-25(9-12-37(34)44-38)29-14-17-43-23-29;;;/h1-18,21-23H;1-17,19,21-23H;1-17,19-20,22-23H;;;/q3*-2;3*+2. The van der Waals surface area contributed by atoms with E-state index in [1.54, 1.807) is 87.6 Å². The second-order valence-corrected chi connectivity index (χ2v) is 31.7. The Morgan fingerprint density at radius 3 is 1.17 bits per heavy atom. The SMILES string of the molecule is [Pt+2].[Pt+2].[Pt+2].[c-]1c(-c2ccc(-c3ccoc3)cn2)ccc(-c2ccoc2)c1-n1c2[c-]c(-c3nc4ccccc4o3)ccc2c2ccccc21.[c-]1c(-c2ccccn2)cccc1-n1c2[c-]c(-c3nc4cc(-c5ccoc5)ccc4o3)ccc2c2cc(-c3ccoc3)ccc21.[c-]1c(-c2ccccn2)cccc1-n1c2[c-]c(-c3nc4ccc(-c5ccoc5)cc4o3)ccc2c2cc(-c3ccoc3)ccc21. The number of para-hydroxylation sites is 3. The maximum Gasteiger partial charge on any atom is 2.00 e. The Morgan fingerprint density at radius 2 is 0.652 bits per heavy atom. The van der Waals surface area contributed by atoms with Gasteiger partial charge in [0.05, 0.1) is 91.7 Å². The molecule has 0 aliphatic carbocycles.